The first-order valence-corrected chi connectivity index (χ1v) is 10.4. The molecule has 0 radical (unpaired) electrons. The Morgan fingerprint density at radius 2 is 1.83 bits per heavy atom. The van der Waals surface area contributed by atoms with Crippen LogP contribution in [0.3, 0.4) is 0 Å². The smallest absolute Gasteiger partial charge is 0.264 e. The van der Waals surface area contributed by atoms with Crippen molar-refractivity contribution < 1.29 is 23.9 Å². The quantitative estimate of drug-likeness (QED) is 0.363. The number of hydrogen-bond donors (Lipinski definition) is 3. The third-order valence-corrected chi connectivity index (χ3v) is 5.24. The van der Waals surface area contributed by atoms with Gasteiger partial charge in [0.25, 0.3) is 11.8 Å². The molecule has 3 rings (SSSR count). The molecule has 0 aromatic heterocycles. The van der Waals surface area contributed by atoms with Crippen LogP contribution in [0.25, 0.3) is 0 Å². The van der Waals surface area contributed by atoms with E-state index in [0.717, 1.165) is 30.6 Å². The van der Waals surface area contributed by atoms with Gasteiger partial charge < -0.3 is 15.8 Å². The van der Waals surface area contributed by atoms with Crippen LogP contribution in [-0.2, 0) is 14.3 Å². The van der Waals surface area contributed by atoms with Crippen molar-refractivity contribution in [3.05, 3.63) is 29.3 Å². The zero-order valence-electron chi connectivity index (χ0n) is 16.9. The highest BCUT2D eigenvalue weighted by Gasteiger charge is 2.45. The predicted octanol–water partition coefficient (Wildman–Crippen LogP) is 1.04. The summed E-state index contributed by atoms with van der Waals surface area (Å²) >= 11 is 0. The van der Waals surface area contributed by atoms with Crippen LogP contribution in [0.1, 0.15) is 59.2 Å². The summed E-state index contributed by atoms with van der Waals surface area (Å²) in [6.45, 7) is 2.68. The fourth-order valence-corrected chi connectivity index (χ4v) is 3.66. The molecule has 1 saturated heterocycles. The second kappa shape index (κ2) is 10.3. The van der Waals surface area contributed by atoms with Gasteiger partial charge in [-0.3, -0.25) is 29.4 Å². The van der Waals surface area contributed by atoms with E-state index in [9.17, 15) is 19.2 Å². The minimum Gasteiger partial charge on any atom is -0.384 e. The van der Waals surface area contributed by atoms with Gasteiger partial charge in [0, 0.05) is 31.9 Å². The number of fused-ring (bicyclic) bond motifs is 1. The van der Waals surface area contributed by atoms with Crippen LogP contribution < -0.4 is 16.4 Å². The number of carbonyl (C=O) groups is 4. The molecule has 1 aromatic carbocycles. The Labute approximate surface area is 175 Å². The highest BCUT2D eigenvalue weighted by Crippen LogP contribution is 2.32. The monoisotopic (exact) mass is 416 g/mol. The largest absolute Gasteiger partial charge is 0.384 e. The lowest BCUT2D eigenvalue weighted by Gasteiger charge is -2.27. The number of ether oxygens (including phenoxy) is 1. The lowest BCUT2D eigenvalue weighted by Crippen LogP contribution is -2.54. The van der Waals surface area contributed by atoms with Gasteiger partial charge in [-0.25, -0.2) is 0 Å². The maximum atomic E-state index is 13.0. The normalized spacial score (nSPS) is 18.6. The average Bonchev–Trinajstić information content (AvgIpc) is 2.98. The summed E-state index contributed by atoms with van der Waals surface area (Å²) in [4.78, 5) is 50.3. The molecule has 162 valence electrons. The number of anilines is 1. The van der Waals surface area contributed by atoms with Gasteiger partial charge in [-0.1, -0.05) is 6.07 Å². The fraction of sp³-hybridized carbons (Fsp3) is 0.524. The molecule has 2 heterocycles. The molecule has 1 fully saturated rings. The molecule has 9 nitrogen and oxygen atoms in total. The van der Waals surface area contributed by atoms with Gasteiger partial charge in [-0.2, -0.15) is 0 Å². The predicted molar refractivity (Wildman–Crippen MR) is 110 cm³/mol. The zero-order valence-corrected chi connectivity index (χ0v) is 16.9. The molecule has 1 atom stereocenters. The number of hydrogen-bond acceptors (Lipinski definition) is 7. The van der Waals surface area contributed by atoms with Gasteiger partial charge in [0.05, 0.1) is 11.1 Å². The summed E-state index contributed by atoms with van der Waals surface area (Å²) in [5.41, 5.74) is 6.57. The van der Waals surface area contributed by atoms with Gasteiger partial charge in [-0.05, 0) is 50.8 Å². The molecular formula is C21H28N4O5. The summed E-state index contributed by atoms with van der Waals surface area (Å²) in [7, 11) is 0. The second-order valence-corrected chi connectivity index (χ2v) is 7.42. The van der Waals surface area contributed by atoms with E-state index in [4.69, 9.17) is 10.5 Å². The van der Waals surface area contributed by atoms with E-state index in [-0.39, 0.29) is 24.0 Å². The van der Waals surface area contributed by atoms with Crippen molar-refractivity contribution in [2.75, 3.05) is 31.6 Å². The molecule has 9 heteroatoms. The second-order valence-electron chi connectivity index (χ2n) is 7.42. The lowest BCUT2D eigenvalue weighted by molar-refractivity contribution is -0.136. The maximum Gasteiger partial charge on any atom is 0.264 e. The number of amides is 4. The first kappa shape index (κ1) is 21.9. The van der Waals surface area contributed by atoms with Crippen LogP contribution >= 0.6 is 0 Å². The van der Waals surface area contributed by atoms with E-state index in [1.54, 1.807) is 18.2 Å². The van der Waals surface area contributed by atoms with Crippen molar-refractivity contribution in [2.24, 2.45) is 5.73 Å². The topological polar surface area (TPSA) is 131 Å². The van der Waals surface area contributed by atoms with E-state index < -0.39 is 29.7 Å². The molecule has 0 aliphatic carbocycles. The molecular weight excluding hydrogens is 388 g/mol. The van der Waals surface area contributed by atoms with Crippen LogP contribution in [0, 0.1) is 0 Å². The molecule has 4 N–H and O–H groups in total. The van der Waals surface area contributed by atoms with E-state index in [2.05, 4.69) is 10.6 Å². The molecule has 2 aliphatic heterocycles. The van der Waals surface area contributed by atoms with Crippen LogP contribution in [0.4, 0.5) is 5.69 Å². The van der Waals surface area contributed by atoms with E-state index in [1.807, 2.05) is 0 Å². The van der Waals surface area contributed by atoms with Crippen molar-refractivity contribution in [2.45, 2.75) is 44.6 Å². The summed E-state index contributed by atoms with van der Waals surface area (Å²) in [6, 6.07) is 4.09. The number of benzene rings is 1. The Hall–Kier alpha value is -2.78. The standard InChI is InChI=1S/C21H28N4O5/c22-10-1-3-12-30-13-4-2-11-23-15-7-5-6-14-18(15)21(29)25(20(14)28)16-8-9-17(26)24-19(16)27/h5-7,16,23H,1-4,8-13,22H2,(H,24,26,27). The van der Waals surface area contributed by atoms with Crippen molar-refractivity contribution in [3.63, 3.8) is 0 Å². The lowest BCUT2D eigenvalue weighted by atomic mass is 10.0. The van der Waals surface area contributed by atoms with Crippen molar-refractivity contribution in [1.82, 2.24) is 10.2 Å². The SMILES string of the molecule is NCCCCOCCCCNc1cccc2c1C(=O)N(C1CCC(=O)NC1=O)C2=O. The fourth-order valence-electron chi connectivity index (χ4n) is 3.66. The molecule has 4 amide bonds. The van der Waals surface area contributed by atoms with Crippen LogP contribution in [0.15, 0.2) is 18.2 Å². The number of nitrogens with two attached hydrogens (primary N) is 1. The van der Waals surface area contributed by atoms with Gasteiger partial charge in [0.15, 0.2) is 0 Å². The third kappa shape index (κ3) is 4.85. The molecule has 0 bridgehead atoms. The molecule has 2 aliphatic rings. The van der Waals surface area contributed by atoms with E-state index in [1.165, 1.54) is 0 Å². The highest BCUT2D eigenvalue weighted by atomic mass is 16.5. The van der Waals surface area contributed by atoms with Crippen molar-refractivity contribution >= 4 is 29.3 Å². The number of nitrogens with one attached hydrogen (secondary N) is 2. The van der Waals surface area contributed by atoms with Crippen molar-refractivity contribution in [1.29, 1.82) is 0 Å². The molecule has 1 aromatic rings. The summed E-state index contributed by atoms with van der Waals surface area (Å²) < 4.78 is 5.54. The Balaban J connectivity index is 1.56. The van der Waals surface area contributed by atoms with Gasteiger partial charge in [0.1, 0.15) is 6.04 Å². The first-order valence-electron chi connectivity index (χ1n) is 10.4. The Bertz CT molecular complexity index is 826. The number of piperidine rings is 1. The zero-order chi connectivity index (χ0) is 21.5. The minimum atomic E-state index is -0.959. The van der Waals surface area contributed by atoms with E-state index >= 15 is 0 Å². The van der Waals surface area contributed by atoms with Crippen molar-refractivity contribution in [3.8, 4) is 0 Å². The van der Waals surface area contributed by atoms with Crippen LogP contribution in [0.5, 0.6) is 0 Å². The summed E-state index contributed by atoms with van der Waals surface area (Å²) in [5.74, 6) is -2.00. The van der Waals surface area contributed by atoms with Gasteiger partial charge in [-0.15, -0.1) is 0 Å². The molecule has 1 unspecified atom stereocenters. The average molecular weight is 416 g/mol. The summed E-state index contributed by atoms with van der Waals surface area (Å²) in [6.07, 6.45) is 3.89. The first-order chi connectivity index (χ1) is 14.5. The number of unbranched alkanes of at least 4 members (excludes halogenated alkanes) is 2. The van der Waals surface area contributed by atoms with Gasteiger partial charge >= 0.3 is 0 Å². The molecule has 0 saturated carbocycles. The minimum absolute atomic E-state index is 0.100. The van der Waals surface area contributed by atoms with E-state index in [0.29, 0.717) is 32.0 Å². The van der Waals surface area contributed by atoms with Crippen LogP contribution in [-0.4, -0.2) is 60.9 Å². The third-order valence-electron chi connectivity index (χ3n) is 5.24. The Kier molecular flexibility index (Phi) is 7.53. The molecule has 0 spiro atoms. The highest BCUT2D eigenvalue weighted by molar-refractivity contribution is 6.25. The van der Waals surface area contributed by atoms with Crippen LogP contribution in [0.2, 0.25) is 0 Å². The molecule has 30 heavy (non-hydrogen) atoms. The van der Waals surface area contributed by atoms with Gasteiger partial charge in [0.2, 0.25) is 11.8 Å². The number of imide groups is 2. The summed E-state index contributed by atoms with van der Waals surface area (Å²) in [5, 5.41) is 5.42. The Morgan fingerprint density at radius 1 is 1.07 bits per heavy atom. The Morgan fingerprint density at radius 3 is 2.57 bits per heavy atom. The maximum absolute atomic E-state index is 13.0. The number of rotatable bonds is 11. The number of carbonyl (C=O) groups excluding carboxylic acids is 4. The number of nitrogens with zero attached hydrogens (tertiary/aromatic N) is 1.